The number of methoxy groups -OCH3 is 2. The Morgan fingerprint density at radius 2 is 1.83 bits per heavy atom. The second-order valence-electron chi connectivity index (χ2n) is 2.94. The summed E-state index contributed by atoms with van der Waals surface area (Å²) in [4.78, 5) is 0. The number of nitrogens with one attached hydrogen (secondary N) is 1. The van der Waals surface area contributed by atoms with Gasteiger partial charge in [0.05, 0.1) is 6.04 Å². The molecule has 0 fully saturated rings. The molecule has 0 aromatic carbocycles. The van der Waals surface area contributed by atoms with Gasteiger partial charge in [-0.3, -0.25) is 0 Å². The van der Waals surface area contributed by atoms with E-state index in [0.717, 1.165) is 6.54 Å². The van der Waals surface area contributed by atoms with Crippen LogP contribution in [-0.4, -0.2) is 33.1 Å². The predicted octanol–water partition coefficient (Wildman–Crippen LogP) is 1.38. The van der Waals surface area contributed by atoms with Gasteiger partial charge in [-0.05, 0) is 19.9 Å². The van der Waals surface area contributed by atoms with Gasteiger partial charge in [-0.25, -0.2) is 0 Å². The highest BCUT2D eigenvalue weighted by Gasteiger charge is 2.13. The molecule has 0 spiro atoms. The summed E-state index contributed by atoms with van der Waals surface area (Å²) < 4.78 is 10.2. The third-order valence-electron chi connectivity index (χ3n) is 1.87. The first-order valence-corrected chi connectivity index (χ1v) is 4.55. The molecule has 3 nitrogen and oxygen atoms in total. The molecule has 0 aliphatic heterocycles. The van der Waals surface area contributed by atoms with Crippen LogP contribution in [0.1, 0.15) is 26.7 Å². The van der Waals surface area contributed by atoms with Crippen LogP contribution in [0.15, 0.2) is 0 Å². The third-order valence-corrected chi connectivity index (χ3v) is 1.87. The monoisotopic (exact) mass is 175 g/mol. The summed E-state index contributed by atoms with van der Waals surface area (Å²) in [6, 6.07) is 0.256. The van der Waals surface area contributed by atoms with Crippen molar-refractivity contribution in [2.75, 3.05) is 20.8 Å². The van der Waals surface area contributed by atoms with Crippen molar-refractivity contribution in [1.29, 1.82) is 0 Å². The molecule has 3 heteroatoms. The standard InChI is InChI=1S/C9H21NO2/c1-5-6-7-10-8(2)9(11-3)12-4/h8-10H,5-7H2,1-4H3. The SMILES string of the molecule is CCCCNC(C)C(OC)OC. The first-order valence-electron chi connectivity index (χ1n) is 4.55. The normalized spacial score (nSPS) is 13.8. The molecule has 1 N–H and O–H groups in total. The molecule has 0 heterocycles. The van der Waals surface area contributed by atoms with Crippen LogP contribution in [-0.2, 0) is 9.47 Å². The number of unbranched alkanes of at least 4 members (excludes halogenated alkanes) is 1. The van der Waals surface area contributed by atoms with E-state index in [1.807, 2.05) is 0 Å². The minimum Gasteiger partial charge on any atom is -0.354 e. The predicted molar refractivity (Wildman–Crippen MR) is 50.2 cm³/mol. The molecule has 0 aliphatic carbocycles. The highest BCUT2D eigenvalue weighted by atomic mass is 16.7. The smallest absolute Gasteiger partial charge is 0.171 e. The summed E-state index contributed by atoms with van der Waals surface area (Å²) in [5.41, 5.74) is 0. The van der Waals surface area contributed by atoms with Crippen molar-refractivity contribution in [3.05, 3.63) is 0 Å². The van der Waals surface area contributed by atoms with Crippen LogP contribution in [0.5, 0.6) is 0 Å². The van der Waals surface area contributed by atoms with Gasteiger partial charge in [0.15, 0.2) is 6.29 Å². The minimum absolute atomic E-state index is 0.137. The molecule has 1 unspecified atom stereocenters. The van der Waals surface area contributed by atoms with E-state index in [4.69, 9.17) is 9.47 Å². The highest BCUT2D eigenvalue weighted by Crippen LogP contribution is 1.98. The Bertz CT molecular complexity index is 94.5. The fourth-order valence-electron chi connectivity index (χ4n) is 1.11. The molecule has 0 saturated heterocycles. The topological polar surface area (TPSA) is 30.5 Å². The summed E-state index contributed by atoms with van der Waals surface area (Å²) in [7, 11) is 3.32. The zero-order chi connectivity index (χ0) is 9.40. The third kappa shape index (κ3) is 4.70. The maximum atomic E-state index is 5.11. The lowest BCUT2D eigenvalue weighted by atomic mass is 10.3. The van der Waals surface area contributed by atoms with Gasteiger partial charge >= 0.3 is 0 Å². The van der Waals surface area contributed by atoms with Gasteiger partial charge in [-0.1, -0.05) is 13.3 Å². The summed E-state index contributed by atoms with van der Waals surface area (Å²) in [5, 5.41) is 3.34. The summed E-state index contributed by atoms with van der Waals surface area (Å²) in [5.74, 6) is 0. The first-order chi connectivity index (χ1) is 5.76. The van der Waals surface area contributed by atoms with Crippen LogP contribution >= 0.6 is 0 Å². The van der Waals surface area contributed by atoms with Gasteiger partial charge in [-0.2, -0.15) is 0 Å². The van der Waals surface area contributed by atoms with Gasteiger partial charge in [0.25, 0.3) is 0 Å². The van der Waals surface area contributed by atoms with E-state index in [1.165, 1.54) is 12.8 Å². The molecular weight excluding hydrogens is 154 g/mol. The largest absolute Gasteiger partial charge is 0.354 e. The van der Waals surface area contributed by atoms with E-state index < -0.39 is 0 Å². The van der Waals surface area contributed by atoms with E-state index >= 15 is 0 Å². The van der Waals surface area contributed by atoms with E-state index in [-0.39, 0.29) is 12.3 Å². The van der Waals surface area contributed by atoms with Crippen LogP contribution in [0.2, 0.25) is 0 Å². The Morgan fingerprint density at radius 3 is 2.25 bits per heavy atom. The molecule has 0 aliphatic rings. The van der Waals surface area contributed by atoms with Crippen molar-refractivity contribution >= 4 is 0 Å². The Morgan fingerprint density at radius 1 is 1.25 bits per heavy atom. The van der Waals surface area contributed by atoms with Crippen LogP contribution < -0.4 is 5.32 Å². The molecule has 0 radical (unpaired) electrons. The summed E-state index contributed by atoms with van der Waals surface area (Å²) in [6.07, 6.45) is 2.27. The van der Waals surface area contributed by atoms with E-state index in [0.29, 0.717) is 0 Å². The fourth-order valence-corrected chi connectivity index (χ4v) is 1.11. The van der Waals surface area contributed by atoms with Crippen LogP contribution in [0, 0.1) is 0 Å². The molecule has 0 amide bonds. The van der Waals surface area contributed by atoms with Crippen molar-refractivity contribution in [3.63, 3.8) is 0 Å². The Hall–Kier alpha value is -0.120. The lowest BCUT2D eigenvalue weighted by molar-refractivity contribution is -0.119. The second-order valence-corrected chi connectivity index (χ2v) is 2.94. The molecular formula is C9H21NO2. The summed E-state index contributed by atoms with van der Waals surface area (Å²) in [6.45, 7) is 5.27. The van der Waals surface area contributed by atoms with Gasteiger partial charge in [-0.15, -0.1) is 0 Å². The quantitative estimate of drug-likeness (QED) is 0.468. The minimum atomic E-state index is -0.137. The van der Waals surface area contributed by atoms with Gasteiger partial charge in [0.1, 0.15) is 0 Å². The molecule has 1 atom stereocenters. The van der Waals surface area contributed by atoms with Gasteiger partial charge in [0.2, 0.25) is 0 Å². The highest BCUT2D eigenvalue weighted by molar-refractivity contribution is 4.63. The molecule has 0 aromatic heterocycles. The van der Waals surface area contributed by atoms with E-state index in [2.05, 4.69) is 19.2 Å². The molecule has 12 heavy (non-hydrogen) atoms. The van der Waals surface area contributed by atoms with Crippen LogP contribution in [0.4, 0.5) is 0 Å². The molecule has 0 aromatic rings. The van der Waals surface area contributed by atoms with Crippen molar-refractivity contribution in [1.82, 2.24) is 5.32 Å². The number of hydrogen-bond donors (Lipinski definition) is 1. The fraction of sp³-hybridized carbons (Fsp3) is 1.00. The lowest BCUT2D eigenvalue weighted by Crippen LogP contribution is -2.40. The molecule has 74 valence electrons. The zero-order valence-electron chi connectivity index (χ0n) is 8.59. The van der Waals surface area contributed by atoms with Crippen molar-refractivity contribution in [2.24, 2.45) is 0 Å². The van der Waals surface area contributed by atoms with E-state index in [1.54, 1.807) is 14.2 Å². The number of rotatable bonds is 7. The maximum Gasteiger partial charge on any atom is 0.171 e. The van der Waals surface area contributed by atoms with Crippen LogP contribution in [0.25, 0.3) is 0 Å². The van der Waals surface area contributed by atoms with E-state index in [9.17, 15) is 0 Å². The van der Waals surface area contributed by atoms with Crippen molar-refractivity contribution in [3.8, 4) is 0 Å². The molecule has 0 saturated carbocycles. The van der Waals surface area contributed by atoms with Gasteiger partial charge in [0, 0.05) is 14.2 Å². The molecule has 0 rings (SSSR count). The summed E-state index contributed by atoms with van der Waals surface area (Å²) >= 11 is 0. The first kappa shape index (κ1) is 11.9. The average Bonchev–Trinajstić information content (AvgIpc) is 2.07. The second kappa shape index (κ2) is 7.53. The maximum absolute atomic E-state index is 5.11. The Kier molecular flexibility index (Phi) is 7.45. The lowest BCUT2D eigenvalue weighted by Gasteiger charge is -2.21. The molecule has 0 bridgehead atoms. The number of ether oxygens (including phenoxy) is 2. The van der Waals surface area contributed by atoms with Crippen molar-refractivity contribution < 1.29 is 9.47 Å². The number of hydrogen-bond acceptors (Lipinski definition) is 3. The van der Waals surface area contributed by atoms with Crippen molar-refractivity contribution in [2.45, 2.75) is 39.0 Å². The zero-order valence-corrected chi connectivity index (χ0v) is 8.59. The Balaban J connectivity index is 3.47. The van der Waals surface area contributed by atoms with Crippen LogP contribution in [0.3, 0.4) is 0 Å². The Labute approximate surface area is 75.4 Å². The van der Waals surface area contributed by atoms with Gasteiger partial charge < -0.3 is 14.8 Å². The average molecular weight is 175 g/mol.